The maximum Gasteiger partial charge on any atom is 0.229 e. The molecule has 6 nitrogen and oxygen atoms in total. The summed E-state index contributed by atoms with van der Waals surface area (Å²) in [5.41, 5.74) is 5.39. The van der Waals surface area contributed by atoms with Crippen LogP contribution in [0.3, 0.4) is 0 Å². The summed E-state index contributed by atoms with van der Waals surface area (Å²) in [6.45, 7) is 4.20. The van der Waals surface area contributed by atoms with E-state index in [-0.39, 0.29) is 19.1 Å². The van der Waals surface area contributed by atoms with Gasteiger partial charge < -0.3 is 20.1 Å². The lowest BCUT2D eigenvalue weighted by molar-refractivity contribution is 0.0610. The zero-order valence-electron chi connectivity index (χ0n) is 12.3. The molecule has 3 N–H and O–H groups in total. The molecule has 21 heavy (non-hydrogen) atoms. The van der Waals surface area contributed by atoms with Crippen LogP contribution in [0.5, 0.6) is 0 Å². The second-order valence-electron chi connectivity index (χ2n) is 5.17. The Morgan fingerprint density at radius 3 is 2.71 bits per heavy atom. The molecule has 0 spiro atoms. The molecule has 2 aromatic rings. The van der Waals surface area contributed by atoms with Crippen LogP contribution < -0.4 is 5.73 Å². The Hall–Kier alpha value is -1.76. The Bertz CT molecular complexity index is 554. The van der Waals surface area contributed by atoms with E-state index in [1.807, 2.05) is 37.3 Å². The summed E-state index contributed by atoms with van der Waals surface area (Å²) in [6.07, 6.45) is -0.166. The van der Waals surface area contributed by atoms with Gasteiger partial charge in [0, 0.05) is 13.2 Å². The Labute approximate surface area is 123 Å². The van der Waals surface area contributed by atoms with Crippen LogP contribution in [0.1, 0.15) is 37.2 Å². The molecule has 0 amide bonds. The second-order valence-corrected chi connectivity index (χ2v) is 5.17. The Balaban J connectivity index is 2.21. The summed E-state index contributed by atoms with van der Waals surface area (Å²) in [6, 6.07) is 9.70. The molecule has 0 saturated heterocycles. The third-order valence-electron chi connectivity index (χ3n) is 3.13. The van der Waals surface area contributed by atoms with Crippen LogP contribution in [-0.2, 0) is 11.2 Å². The molecular weight excluding hydrogens is 270 g/mol. The number of hydrogen-bond acceptors (Lipinski definition) is 6. The third-order valence-corrected chi connectivity index (χ3v) is 3.13. The molecule has 6 heteroatoms. The fraction of sp³-hybridized carbons (Fsp3) is 0.467. The molecule has 1 aromatic carbocycles. The van der Waals surface area contributed by atoms with Gasteiger partial charge in [-0.05, 0) is 19.4 Å². The van der Waals surface area contributed by atoms with Crippen molar-refractivity contribution in [3.63, 3.8) is 0 Å². The number of aliphatic hydroxyl groups is 1. The minimum atomic E-state index is -1.06. The van der Waals surface area contributed by atoms with Crippen LogP contribution in [0, 0.1) is 0 Å². The Morgan fingerprint density at radius 1 is 1.38 bits per heavy atom. The number of ether oxygens (including phenoxy) is 1. The highest BCUT2D eigenvalue weighted by molar-refractivity contribution is 5.22. The number of benzene rings is 1. The molecule has 2 rings (SSSR count). The quantitative estimate of drug-likeness (QED) is 0.801. The standard InChI is InChI=1S/C15H21N3O3/c1-3-20-13(11-7-5-4-6-8-11)14-17-12(21-18-14)9-15(2,19)10-16/h4-8,13,19H,3,9-10,16H2,1-2H3. The molecule has 0 aliphatic carbocycles. The summed E-state index contributed by atoms with van der Waals surface area (Å²) in [7, 11) is 0. The van der Waals surface area contributed by atoms with E-state index >= 15 is 0 Å². The van der Waals surface area contributed by atoms with E-state index in [4.69, 9.17) is 15.0 Å². The summed E-state index contributed by atoms with van der Waals surface area (Å²) < 4.78 is 10.9. The molecule has 0 fully saturated rings. The van der Waals surface area contributed by atoms with E-state index in [1.54, 1.807) is 6.92 Å². The first-order valence-electron chi connectivity index (χ1n) is 6.97. The van der Waals surface area contributed by atoms with E-state index in [0.29, 0.717) is 18.3 Å². The Morgan fingerprint density at radius 2 is 2.10 bits per heavy atom. The van der Waals surface area contributed by atoms with Gasteiger partial charge in [-0.25, -0.2) is 0 Å². The molecular formula is C15H21N3O3. The molecule has 0 radical (unpaired) electrons. The fourth-order valence-electron chi connectivity index (χ4n) is 1.96. The molecule has 1 aromatic heterocycles. The van der Waals surface area contributed by atoms with Gasteiger partial charge in [-0.1, -0.05) is 35.5 Å². The minimum absolute atomic E-state index is 0.123. The van der Waals surface area contributed by atoms with E-state index in [9.17, 15) is 5.11 Å². The average Bonchev–Trinajstić information content (AvgIpc) is 2.93. The normalized spacial score (nSPS) is 15.6. The van der Waals surface area contributed by atoms with Crippen LogP contribution in [-0.4, -0.2) is 34.0 Å². The van der Waals surface area contributed by atoms with Crippen molar-refractivity contribution in [2.75, 3.05) is 13.2 Å². The summed E-state index contributed by atoms with van der Waals surface area (Å²) in [5.74, 6) is 0.798. The predicted molar refractivity (Wildman–Crippen MR) is 77.6 cm³/mol. The zero-order chi connectivity index (χ0) is 15.3. The third kappa shape index (κ3) is 4.10. The van der Waals surface area contributed by atoms with Crippen molar-refractivity contribution in [3.8, 4) is 0 Å². The molecule has 0 aliphatic heterocycles. The van der Waals surface area contributed by atoms with Crippen LogP contribution in [0.25, 0.3) is 0 Å². The lowest BCUT2D eigenvalue weighted by atomic mass is 10.0. The number of nitrogens with two attached hydrogens (primary N) is 1. The minimum Gasteiger partial charge on any atom is -0.388 e. The van der Waals surface area contributed by atoms with E-state index in [2.05, 4.69) is 10.1 Å². The molecule has 0 aliphatic rings. The van der Waals surface area contributed by atoms with Crippen LogP contribution in [0.15, 0.2) is 34.9 Å². The first kappa shape index (κ1) is 15.6. The van der Waals surface area contributed by atoms with E-state index < -0.39 is 5.60 Å². The highest BCUT2D eigenvalue weighted by Gasteiger charge is 2.25. The van der Waals surface area contributed by atoms with Crippen molar-refractivity contribution in [1.29, 1.82) is 0 Å². The van der Waals surface area contributed by atoms with Crippen molar-refractivity contribution in [2.45, 2.75) is 32.0 Å². The van der Waals surface area contributed by atoms with Crippen molar-refractivity contribution in [2.24, 2.45) is 5.73 Å². The van der Waals surface area contributed by atoms with Gasteiger partial charge >= 0.3 is 0 Å². The lowest BCUT2D eigenvalue weighted by Crippen LogP contribution is -2.36. The molecule has 2 atom stereocenters. The highest BCUT2D eigenvalue weighted by Crippen LogP contribution is 2.24. The number of rotatable bonds is 7. The lowest BCUT2D eigenvalue weighted by Gasteiger charge is -2.17. The molecule has 114 valence electrons. The number of aromatic nitrogens is 2. The highest BCUT2D eigenvalue weighted by atomic mass is 16.5. The van der Waals surface area contributed by atoms with Gasteiger partial charge in [0.2, 0.25) is 11.7 Å². The van der Waals surface area contributed by atoms with Gasteiger partial charge in [-0.3, -0.25) is 0 Å². The van der Waals surface area contributed by atoms with Gasteiger partial charge in [0.15, 0.2) is 0 Å². The Kier molecular flexibility index (Phi) is 5.06. The maximum atomic E-state index is 9.96. The van der Waals surface area contributed by atoms with Crippen LogP contribution in [0.2, 0.25) is 0 Å². The summed E-state index contributed by atoms with van der Waals surface area (Å²) >= 11 is 0. The first-order valence-corrected chi connectivity index (χ1v) is 6.97. The smallest absolute Gasteiger partial charge is 0.229 e. The van der Waals surface area contributed by atoms with Crippen molar-refractivity contribution < 1.29 is 14.4 Å². The van der Waals surface area contributed by atoms with Crippen molar-refractivity contribution in [1.82, 2.24) is 10.1 Å². The van der Waals surface area contributed by atoms with Crippen molar-refractivity contribution in [3.05, 3.63) is 47.6 Å². The van der Waals surface area contributed by atoms with Gasteiger partial charge in [-0.2, -0.15) is 4.98 Å². The summed E-state index contributed by atoms with van der Waals surface area (Å²) in [5, 5.41) is 13.9. The largest absolute Gasteiger partial charge is 0.388 e. The van der Waals surface area contributed by atoms with Crippen molar-refractivity contribution >= 4 is 0 Å². The summed E-state index contributed by atoms with van der Waals surface area (Å²) in [4.78, 5) is 4.32. The van der Waals surface area contributed by atoms with Crippen LogP contribution >= 0.6 is 0 Å². The topological polar surface area (TPSA) is 94.4 Å². The SMILES string of the molecule is CCOC(c1ccccc1)c1noc(CC(C)(O)CN)n1. The first-order chi connectivity index (χ1) is 10.1. The zero-order valence-corrected chi connectivity index (χ0v) is 12.3. The average molecular weight is 291 g/mol. The second kappa shape index (κ2) is 6.80. The van der Waals surface area contributed by atoms with E-state index in [1.165, 1.54) is 0 Å². The number of nitrogens with zero attached hydrogens (tertiary/aromatic N) is 2. The van der Waals surface area contributed by atoms with Gasteiger partial charge in [0.1, 0.15) is 6.10 Å². The van der Waals surface area contributed by atoms with Gasteiger partial charge in [0.05, 0.1) is 12.0 Å². The predicted octanol–water partition coefficient (Wildman–Crippen LogP) is 1.45. The van der Waals surface area contributed by atoms with E-state index in [0.717, 1.165) is 5.56 Å². The van der Waals surface area contributed by atoms with Gasteiger partial charge in [0.25, 0.3) is 0 Å². The molecule has 0 bridgehead atoms. The molecule has 0 saturated carbocycles. The fourth-order valence-corrected chi connectivity index (χ4v) is 1.96. The van der Waals surface area contributed by atoms with Gasteiger partial charge in [-0.15, -0.1) is 0 Å². The van der Waals surface area contributed by atoms with Crippen LogP contribution in [0.4, 0.5) is 0 Å². The maximum absolute atomic E-state index is 9.96. The number of hydrogen-bond donors (Lipinski definition) is 2. The monoisotopic (exact) mass is 291 g/mol. The molecule has 2 unspecified atom stereocenters. The molecule has 1 heterocycles.